The SMILES string of the molecule is Cc1c(F)cc(Br)c(O)c1C(=O)O. The van der Waals surface area contributed by atoms with Gasteiger partial charge in [-0.1, -0.05) is 0 Å². The van der Waals surface area contributed by atoms with Gasteiger partial charge in [0.05, 0.1) is 4.47 Å². The second kappa shape index (κ2) is 3.33. The maximum Gasteiger partial charge on any atom is 0.339 e. The van der Waals surface area contributed by atoms with Gasteiger partial charge in [-0.3, -0.25) is 0 Å². The fourth-order valence-corrected chi connectivity index (χ4v) is 1.37. The van der Waals surface area contributed by atoms with Gasteiger partial charge in [-0.05, 0) is 28.9 Å². The van der Waals surface area contributed by atoms with Crippen molar-refractivity contribution in [2.75, 3.05) is 0 Å². The summed E-state index contributed by atoms with van der Waals surface area (Å²) in [5, 5.41) is 17.9. The van der Waals surface area contributed by atoms with Crippen LogP contribution in [0.4, 0.5) is 4.39 Å². The summed E-state index contributed by atoms with van der Waals surface area (Å²) in [7, 11) is 0. The first-order chi connectivity index (χ1) is 5.95. The van der Waals surface area contributed by atoms with E-state index in [1.165, 1.54) is 6.92 Å². The standard InChI is InChI=1S/C8H6BrFO3/c1-3-5(10)2-4(9)7(11)6(3)8(12)13/h2,11H,1H3,(H,12,13). The van der Waals surface area contributed by atoms with E-state index in [-0.39, 0.29) is 10.0 Å². The Labute approximate surface area is 81.9 Å². The van der Waals surface area contributed by atoms with Crippen molar-refractivity contribution in [3.8, 4) is 5.75 Å². The molecule has 1 aromatic carbocycles. The number of aromatic hydroxyl groups is 1. The van der Waals surface area contributed by atoms with Crippen molar-refractivity contribution < 1.29 is 19.4 Å². The molecule has 0 atom stereocenters. The Morgan fingerprint density at radius 2 is 2.15 bits per heavy atom. The first kappa shape index (κ1) is 9.98. The molecular formula is C8H6BrFO3. The minimum Gasteiger partial charge on any atom is -0.506 e. The van der Waals surface area contributed by atoms with Crippen LogP contribution in [0, 0.1) is 12.7 Å². The number of aromatic carboxylic acids is 1. The predicted octanol–water partition coefficient (Wildman–Crippen LogP) is 2.30. The van der Waals surface area contributed by atoms with Crippen molar-refractivity contribution >= 4 is 21.9 Å². The van der Waals surface area contributed by atoms with Crippen LogP contribution in [0.1, 0.15) is 15.9 Å². The first-order valence-corrected chi connectivity index (χ1v) is 4.15. The summed E-state index contributed by atoms with van der Waals surface area (Å²) in [5.41, 5.74) is -0.486. The van der Waals surface area contributed by atoms with Crippen molar-refractivity contribution in [2.45, 2.75) is 6.92 Å². The summed E-state index contributed by atoms with van der Waals surface area (Å²) < 4.78 is 13.0. The maximum atomic E-state index is 13.0. The van der Waals surface area contributed by atoms with Gasteiger partial charge in [0, 0.05) is 5.56 Å². The molecule has 0 fully saturated rings. The molecule has 5 heteroatoms. The van der Waals surface area contributed by atoms with E-state index in [9.17, 15) is 14.3 Å². The number of halogens is 2. The highest BCUT2D eigenvalue weighted by molar-refractivity contribution is 9.10. The predicted molar refractivity (Wildman–Crippen MR) is 47.5 cm³/mol. The summed E-state index contributed by atoms with van der Waals surface area (Å²) in [6.45, 7) is 1.30. The van der Waals surface area contributed by atoms with E-state index < -0.39 is 23.1 Å². The molecule has 70 valence electrons. The molecule has 0 spiro atoms. The molecule has 1 rings (SSSR count). The monoisotopic (exact) mass is 248 g/mol. The summed E-state index contributed by atoms with van der Waals surface area (Å²) in [4.78, 5) is 10.6. The Morgan fingerprint density at radius 1 is 1.62 bits per heavy atom. The van der Waals surface area contributed by atoms with Crippen LogP contribution in [-0.4, -0.2) is 16.2 Å². The van der Waals surface area contributed by atoms with Crippen LogP contribution in [0.5, 0.6) is 5.75 Å². The third-order valence-corrected chi connectivity index (χ3v) is 2.27. The van der Waals surface area contributed by atoms with E-state index in [0.717, 1.165) is 6.07 Å². The molecule has 0 aliphatic heterocycles. The van der Waals surface area contributed by atoms with Gasteiger partial charge < -0.3 is 10.2 Å². The van der Waals surface area contributed by atoms with E-state index in [0.29, 0.717) is 0 Å². The molecule has 3 nitrogen and oxygen atoms in total. The van der Waals surface area contributed by atoms with Crippen LogP contribution in [0.3, 0.4) is 0 Å². The lowest BCUT2D eigenvalue weighted by Gasteiger charge is -2.06. The molecule has 0 saturated carbocycles. The van der Waals surface area contributed by atoms with Gasteiger partial charge in [-0.25, -0.2) is 9.18 Å². The summed E-state index contributed by atoms with van der Waals surface area (Å²) in [6, 6.07) is 1.02. The zero-order valence-corrected chi connectivity index (χ0v) is 8.22. The molecular weight excluding hydrogens is 243 g/mol. The molecule has 0 radical (unpaired) electrons. The Hall–Kier alpha value is -1.10. The van der Waals surface area contributed by atoms with Gasteiger partial charge in [-0.15, -0.1) is 0 Å². The number of hydrogen-bond acceptors (Lipinski definition) is 2. The molecule has 0 aromatic heterocycles. The van der Waals surface area contributed by atoms with Crippen molar-refractivity contribution in [1.82, 2.24) is 0 Å². The van der Waals surface area contributed by atoms with Crippen LogP contribution in [0.25, 0.3) is 0 Å². The van der Waals surface area contributed by atoms with E-state index in [1.54, 1.807) is 0 Å². The fraction of sp³-hybridized carbons (Fsp3) is 0.125. The van der Waals surface area contributed by atoms with Gasteiger partial charge in [-0.2, -0.15) is 0 Å². The van der Waals surface area contributed by atoms with E-state index in [4.69, 9.17) is 5.11 Å². The largest absolute Gasteiger partial charge is 0.506 e. The minimum absolute atomic E-state index is 0.0352. The summed E-state index contributed by atoms with van der Waals surface area (Å²) in [5.74, 6) is -2.47. The quantitative estimate of drug-likeness (QED) is 0.802. The smallest absolute Gasteiger partial charge is 0.339 e. The number of carboxylic acid groups (broad SMARTS) is 1. The fourth-order valence-electron chi connectivity index (χ4n) is 0.966. The van der Waals surface area contributed by atoms with Crippen molar-refractivity contribution in [2.24, 2.45) is 0 Å². The second-order valence-corrected chi connectivity index (χ2v) is 3.35. The Bertz CT molecular complexity index is 350. The molecule has 0 aliphatic carbocycles. The van der Waals surface area contributed by atoms with Gasteiger partial charge in [0.2, 0.25) is 0 Å². The van der Waals surface area contributed by atoms with E-state index in [1.807, 2.05) is 0 Å². The van der Waals surface area contributed by atoms with Crippen molar-refractivity contribution in [3.63, 3.8) is 0 Å². The van der Waals surface area contributed by atoms with Gasteiger partial charge in [0.15, 0.2) is 0 Å². The third-order valence-electron chi connectivity index (χ3n) is 1.66. The minimum atomic E-state index is -1.35. The average Bonchev–Trinajstić information content (AvgIpc) is 2.01. The molecule has 0 unspecified atom stereocenters. The van der Waals surface area contributed by atoms with E-state index >= 15 is 0 Å². The van der Waals surface area contributed by atoms with Crippen LogP contribution in [0.2, 0.25) is 0 Å². The van der Waals surface area contributed by atoms with Crippen LogP contribution in [-0.2, 0) is 0 Å². The number of carboxylic acids is 1. The zero-order valence-electron chi connectivity index (χ0n) is 6.64. The van der Waals surface area contributed by atoms with Gasteiger partial charge in [0.1, 0.15) is 17.1 Å². The lowest BCUT2D eigenvalue weighted by molar-refractivity contribution is 0.0692. The molecule has 13 heavy (non-hydrogen) atoms. The molecule has 0 aliphatic rings. The number of carbonyl (C=O) groups is 1. The molecule has 0 heterocycles. The highest BCUT2D eigenvalue weighted by Gasteiger charge is 2.18. The first-order valence-electron chi connectivity index (χ1n) is 3.36. The Kier molecular flexibility index (Phi) is 2.56. The summed E-state index contributed by atoms with van der Waals surface area (Å²) in [6.07, 6.45) is 0. The zero-order chi connectivity index (χ0) is 10.2. The average molecular weight is 249 g/mol. The highest BCUT2D eigenvalue weighted by atomic mass is 79.9. The van der Waals surface area contributed by atoms with Crippen LogP contribution in [0.15, 0.2) is 10.5 Å². The van der Waals surface area contributed by atoms with E-state index in [2.05, 4.69) is 15.9 Å². The Balaban J connectivity index is 3.56. The lowest BCUT2D eigenvalue weighted by atomic mass is 10.1. The molecule has 1 aromatic rings. The molecule has 0 saturated heterocycles. The van der Waals surface area contributed by atoms with Crippen molar-refractivity contribution in [1.29, 1.82) is 0 Å². The normalized spacial score (nSPS) is 10.1. The lowest BCUT2D eigenvalue weighted by Crippen LogP contribution is -2.02. The van der Waals surface area contributed by atoms with Crippen LogP contribution < -0.4 is 0 Å². The summed E-state index contributed by atoms with van der Waals surface area (Å²) >= 11 is 2.85. The molecule has 0 bridgehead atoms. The van der Waals surface area contributed by atoms with Gasteiger partial charge >= 0.3 is 5.97 Å². The third kappa shape index (κ3) is 1.65. The second-order valence-electron chi connectivity index (χ2n) is 2.49. The topological polar surface area (TPSA) is 57.5 Å². The number of rotatable bonds is 1. The molecule has 2 N–H and O–H groups in total. The Morgan fingerprint density at radius 3 is 2.62 bits per heavy atom. The maximum absolute atomic E-state index is 13.0. The van der Waals surface area contributed by atoms with Gasteiger partial charge in [0.25, 0.3) is 0 Å². The highest BCUT2D eigenvalue weighted by Crippen LogP contribution is 2.31. The number of phenols is 1. The molecule has 0 amide bonds. The van der Waals surface area contributed by atoms with Crippen LogP contribution >= 0.6 is 15.9 Å². The van der Waals surface area contributed by atoms with Crippen molar-refractivity contribution in [3.05, 3.63) is 27.5 Å². The number of benzene rings is 1. The number of hydrogen-bond donors (Lipinski definition) is 2.